The molecular weight excluding hydrogens is 384 g/mol. The number of hydrogen-bond acceptors (Lipinski definition) is 6. The van der Waals surface area contributed by atoms with Gasteiger partial charge in [0, 0.05) is 38.1 Å². The first-order chi connectivity index (χ1) is 14.2. The van der Waals surface area contributed by atoms with E-state index in [0.29, 0.717) is 25.1 Å². The van der Waals surface area contributed by atoms with Gasteiger partial charge in [0.15, 0.2) is 0 Å². The first-order valence-corrected chi connectivity index (χ1v) is 10.2. The molecule has 1 aliphatic heterocycles. The minimum atomic E-state index is -0.489. The van der Waals surface area contributed by atoms with Gasteiger partial charge in [-0.3, -0.25) is 9.67 Å². The molecule has 3 heterocycles. The molecule has 2 aromatic rings. The summed E-state index contributed by atoms with van der Waals surface area (Å²) in [7, 11) is 1.37. The van der Waals surface area contributed by atoms with Gasteiger partial charge in [-0.2, -0.15) is 5.10 Å². The van der Waals surface area contributed by atoms with Gasteiger partial charge in [-0.15, -0.1) is 0 Å². The monoisotopic (exact) mass is 414 g/mol. The van der Waals surface area contributed by atoms with Crippen molar-refractivity contribution in [2.24, 2.45) is 0 Å². The van der Waals surface area contributed by atoms with E-state index in [2.05, 4.69) is 4.98 Å². The van der Waals surface area contributed by atoms with Crippen molar-refractivity contribution in [3.8, 4) is 0 Å². The second-order valence-electron chi connectivity index (χ2n) is 8.62. The fourth-order valence-corrected chi connectivity index (χ4v) is 3.60. The number of carbonyl (C=O) groups is 2. The van der Waals surface area contributed by atoms with Gasteiger partial charge in [0.1, 0.15) is 5.60 Å². The Bertz CT molecular complexity index is 908. The van der Waals surface area contributed by atoms with Crippen molar-refractivity contribution in [3.05, 3.63) is 47.0 Å². The quantitative estimate of drug-likeness (QED) is 0.712. The van der Waals surface area contributed by atoms with Crippen molar-refractivity contribution in [1.29, 1.82) is 0 Å². The molecule has 0 N–H and O–H groups in total. The molecule has 1 aliphatic rings. The lowest BCUT2D eigenvalue weighted by atomic mass is 10.0. The molecule has 1 amide bonds. The predicted molar refractivity (Wildman–Crippen MR) is 111 cm³/mol. The molecule has 0 aliphatic carbocycles. The van der Waals surface area contributed by atoms with Crippen molar-refractivity contribution in [2.75, 3.05) is 20.2 Å². The Morgan fingerprint density at radius 2 is 1.90 bits per heavy atom. The van der Waals surface area contributed by atoms with Crippen LogP contribution in [0.15, 0.2) is 24.7 Å². The average Bonchev–Trinajstić information content (AvgIpc) is 3.07. The third-order valence-corrected chi connectivity index (χ3v) is 5.20. The average molecular weight is 415 g/mol. The number of amides is 1. The highest BCUT2D eigenvalue weighted by Gasteiger charge is 2.28. The first kappa shape index (κ1) is 21.8. The summed E-state index contributed by atoms with van der Waals surface area (Å²) >= 11 is 0. The largest absolute Gasteiger partial charge is 0.465 e. The maximum Gasteiger partial charge on any atom is 0.410 e. The normalized spacial score (nSPS) is 15.2. The van der Waals surface area contributed by atoms with E-state index in [4.69, 9.17) is 14.6 Å². The smallest absolute Gasteiger partial charge is 0.410 e. The van der Waals surface area contributed by atoms with Gasteiger partial charge >= 0.3 is 12.1 Å². The summed E-state index contributed by atoms with van der Waals surface area (Å²) in [6.07, 6.45) is 7.26. The Hall–Kier alpha value is -2.90. The zero-order valence-electron chi connectivity index (χ0n) is 18.3. The van der Waals surface area contributed by atoms with Crippen LogP contribution < -0.4 is 0 Å². The summed E-state index contributed by atoms with van der Waals surface area (Å²) in [6.45, 7) is 8.88. The minimum Gasteiger partial charge on any atom is -0.465 e. The van der Waals surface area contributed by atoms with E-state index in [0.717, 1.165) is 29.7 Å². The number of aromatic nitrogens is 3. The second-order valence-corrected chi connectivity index (χ2v) is 8.62. The lowest BCUT2D eigenvalue weighted by molar-refractivity contribution is 0.0184. The highest BCUT2D eigenvalue weighted by Crippen LogP contribution is 2.25. The van der Waals surface area contributed by atoms with E-state index in [-0.39, 0.29) is 18.1 Å². The van der Waals surface area contributed by atoms with Crippen molar-refractivity contribution in [1.82, 2.24) is 19.7 Å². The van der Waals surface area contributed by atoms with Crippen LogP contribution in [-0.2, 0) is 15.9 Å². The molecule has 0 saturated carbocycles. The standard InChI is InChI=1S/C22H30N4O4/c1-15-17(12-16-13-23-9-6-19(16)20(27)29-5)14-26(24-15)18-7-10-25(11-8-18)21(28)30-22(2,3)4/h6,9,13-14,18H,7-8,10-12H2,1-5H3. The van der Waals surface area contributed by atoms with E-state index in [1.807, 2.05) is 38.6 Å². The number of piperidine rings is 1. The van der Waals surface area contributed by atoms with Gasteiger partial charge in [0.25, 0.3) is 0 Å². The lowest BCUT2D eigenvalue weighted by Crippen LogP contribution is -2.42. The molecule has 30 heavy (non-hydrogen) atoms. The van der Waals surface area contributed by atoms with Crippen LogP contribution in [0.5, 0.6) is 0 Å². The number of likely N-dealkylation sites (tertiary alicyclic amines) is 1. The number of hydrogen-bond donors (Lipinski definition) is 0. The lowest BCUT2D eigenvalue weighted by Gasteiger charge is -2.33. The summed E-state index contributed by atoms with van der Waals surface area (Å²) in [4.78, 5) is 30.2. The Morgan fingerprint density at radius 3 is 2.53 bits per heavy atom. The van der Waals surface area contributed by atoms with Crippen LogP contribution in [0, 0.1) is 6.92 Å². The van der Waals surface area contributed by atoms with Gasteiger partial charge in [0.05, 0.1) is 24.4 Å². The summed E-state index contributed by atoms with van der Waals surface area (Å²) in [6, 6.07) is 1.90. The Morgan fingerprint density at radius 1 is 1.20 bits per heavy atom. The molecule has 0 bridgehead atoms. The molecule has 0 radical (unpaired) electrons. The van der Waals surface area contributed by atoms with Crippen molar-refractivity contribution < 1.29 is 19.1 Å². The van der Waals surface area contributed by atoms with Crippen LogP contribution in [0.2, 0.25) is 0 Å². The number of nitrogens with zero attached hydrogens (tertiary/aromatic N) is 4. The molecule has 1 saturated heterocycles. The molecule has 8 nitrogen and oxygen atoms in total. The number of methoxy groups -OCH3 is 1. The molecule has 0 atom stereocenters. The number of esters is 1. The van der Waals surface area contributed by atoms with E-state index >= 15 is 0 Å². The third-order valence-electron chi connectivity index (χ3n) is 5.20. The van der Waals surface area contributed by atoms with Gasteiger partial charge in [-0.05, 0) is 57.7 Å². The molecule has 8 heteroatoms. The molecular formula is C22H30N4O4. The van der Waals surface area contributed by atoms with E-state index in [1.165, 1.54) is 7.11 Å². The highest BCUT2D eigenvalue weighted by atomic mass is 16.6. The van der Waals surface area contributed by atoms with E-state index in [1.54, 1.807) is 23.4 Å². The van der Waals surface area contributed by atoms with Crippen LogP contribution in [0.1, 0.15) is 66.8 Å². The summed E-state index contributed by atoms with van der Waals surface area (Å²) in [5, 5.41) is 4.70. The second kappa shape index (κ2) is 8.85. The van der Waals surface area contributed by atoms with Crippen LogP contribution in [-0.4, -0.2) is 57.5 Å². The molecule has 0 unspecified atom stereocenters. The summed E-state index contributed by atoms with van der Waals surface area (Å²) in [5.74, 6) is -0.369. The fourth-order valence-electron chi connectivity index (χ4n) is 3.60. The van der Waals surface area contributed by atoms with Crippen LogP contribution >= 0.6 is 0 Å². The molecule has 2 aromatic heterocycles. The number of aryl methyl sites for hydroxylation is 1. The third kappa shape index (κ3) is 5.17. The minimum absolute atomic E-state index is 0.227. The van der Waals surface area contributed by atoms with Crippen LogP contribution in [0.25, 0.3) is 0 Å². The van der Waals surface area contributed by atoms with Gasteiger partial charge in [0.2, 0.25) is 0 Å². The molecule has 0 aromatic carbocycles. The van der Waals surface area contributed by atoms with Crippen LogP contribution in [0.4, 0.5) is 4.79 Å². The van der Waals surface area contributed by atoms with Gasteiger partial charge < -0.3 is 14.4 Å². The van der Waals surface area contributed by atoms with Crippen molar-refractivity contribution in [2.45, 2.75) is 58.6 Å². The SMILES string of the molecule is COC(=O)c1ccncc1Cc1cn(C2CCN(C(=O)OC(C)(C)C)CC2)nc1C. The topological polar surface area (TPSA) is 86.6 Å². The number of carbonyl (C=O) groups excluding carboxylic acids is 2. The zero-order chi connectivity index (χ0) is 21.9. The Kier molecular flexibility index (Phi) is 6.43. The maximum atomic E-state index is 12.3. The predicted octanol–water partition coefficient (Wildman–Crippen LogP) is 3.54. The summed E-state index contributed by atoms with van der Waals surface area (Å²) < 4.78 is 12.3. The Balaban J connectivity index is 1.67. The zero-order valence-corrected chi connectivity index (χ0v) is 18.3. The van der Waals surface area contributed by atoms with Crippen molar-refractivity contribution in [3.63, 3.8) is 0 Å². The van der Waals surface area contributed by atoms with E-state index < -0.39 is 5.60 Å². The van der Waals surface area contributed by atoms with Gasteiger partial charge in [-0.1, -0.05) is 0 Å². The first-order valence-electron chi connectivity index (χ1n) is 10.2. The van der Waals surface area contributed by atoms with Crippen molar-refractivity contribution >= 4 is 12.1 Å². The van der Waals surface area contributed by atoms with Gasteiger partial charge in [-0.25, -0.2) is 9.59 Å². The maximum absolute atomic E-state index is 12.3. The molecule has 1 fully saturated rings. The molecule has 162 valence electrons. The Labute approximate surface area is 177 Å². The number of rotatable bonds is 4. The molecule has 0 spiro atoms. The number of ether oxygens (including phenoxy) is 2. The fraction of sp³-hybridized carbons (Fsp3) is 0.545. The van der Waals surface area contributed by atoms with E-state index in [9.17, 15) is 9.59 Å². The summed E-state index contributed by atoms with van der Waals surface area (Å²) in [5.41, 5.74) is 2.81. The molecule has 3 rings (SSSR count). The number of pyridine rings is 1. The van der Waals surface area contributed by atoms with Crippen LogP contribution in [0.3, 0.4) is 0 Å². The highest BCUT2D eigenvalue weighted by molar-refractivity contribution is 5.90.